The number of benzene rings is 1. The zero-order chi connectivity index (χ0) is 20.1. The summed E-state index contributed by atoms with van der Waals surface area (Å²) in [5, 5.41) is 2.94. The van der Waals surface area contributed by atoms with Gasteiger partial charge in [0.05, 0.1) is 32.8 Å². The first-order chi connectivity index (χ1) is 13.4. The van der Waals surface area contributed by atoms with Crippen LogP contribution in [0.1, 0.15) is 23.4 Å². The number of nitrogens with one attached hydrogen (secondary N) is 1. The molecule has 28 heavy (non-hydrogen) atoms. The second-order valence-corrected chi connectivity index (χ2v) is 9.78. The van der Waals surface area contributed by atoms with Crippen LogP contribution in [0.5, 0.6) is 5.75 Å². The van der Waals surface area contributed by atoms with Gasteiger partial charge < -0.3 is 14.8 Å². The molecule has 1 N–H and O–H groups in total. The average molecular weight is 425 g/mol. The van der Waals surface area contributed by atoms with Crippen molar-refractivity contribution in [3.05, 3.63) is 46.8 Å². The summed E-state index contributed by atoms with van der Waals surface area (Å²) in [4.78, 5) is 13.1. The van der Waals surface area contributed by atoms with Gasteiger partial charge in [0.15, 0.2) is 0 Å². The van der Waals surface area contributed by atoms with Crippen LogP contribution in [-0.4, -0.2) is 52.0 Å². The molecule has 2 heterocycles. The van der Waals surface area contributed by atoms with Crippen LogP contribution in [0.15, 0.2) is 40.6 Å². The maximum absolute atomic E-state index is 12.7. The molecule has 0 radical (unpaired) electrons. The SMILES string of the molecule is COc1ccccc1[C@H](C)NC(=O)Cc1ccc(S(=O)(=O)N2CCOCC2)s1. The highest BCUT2D eigenvalue weighted by Crippen LogP contribution is 2.27. The molecule has 0 saturated carbocycles. The zero-order valence-corrected chi connectivity index (χ0v) is 17.5. The highest BCUT2D eigenvalue weighted by atomic mass is 32.2. The minimum absolute atomic E-state index is 0.128. The quantitative estimate of drug-likeness (QED) is 0.737. The Balaban J connectivity index is 1.64. The molecule has 1 aliphatic heterocycles. The molecule has 0 unspecified atom stereocenters. The average Bonchev–Trinajstić information content (AvgIpc) is 3.17. The summed E-state index contributed by atoms with van der Waals surface area (Å²) in [6.45, 7) is 3.40. The fourth-order valence-corrected chi connectivity index (χ4v) is 5.98. The smallest absolute Gasteiger partial charge is 0.252 e. The maximum atomic E-state index is 12.7. The van der Waals surface area contributed by atoms with Crippen molar-refractivity contribution in [3.8, 4) is 5.75 Å². The van der Waals surface area contributed by atoms with E-state index in [2.05, 4.69) is 5.32 Å². The summed E-state index contributed by atoms with van der Waals surface area (Å²) >= 11 is 1.14. The van der Waals surface area contributed by atoms with Crippen molar-refractivity contribution in [3.63, 3.8) is 0 Å². The van der Waals surface area contributed by atoms with Crippen molar-refractivity contribution in [1.82, 2.24) is 9.62 Å². The van der Waals surface area contributed by atoms with E-state index in [0.29, 0.717) is 36.9 Å². The largest absolute Gasteiger partial charge is 0.496 e. The number of hydrogen-bond acceptors (Lipinski definition) is 6. The number of thiophene rings is 1. The normalized spacial score (nSPS) is 16.5. The van der Waals surface area contributed by atoms with Crippen molar-refractivity contribution in [2.75, 3.05) is 33.4 Å². The molecule has 1 aliphatic rings. The molecule has 1 fully saturated rings. The minimum atomic E-state index is -3.53. The molecule has 0 aliphatic carbocycles. The van der Waals surface area contributed by atoms with Crippen LogP contribution in [-0.2, 0) is 26.0 Å². The number of morpholine rings is 1. The Labute approximate surface area is 169 Å². The van der Waals surface area contributed by atoms with Crippen molar-refractivity contribution in [2.45, 2.75) is 23.6 Å². The summed E-state index contributed by atoms with van der Waals surface area (Å²) in [5.74, 6) is 0.542. The van der Waals surface area contributed by atoms with Gasteiger partial charge in [-0.2, -0.15) is 4.31 Å². The van der Waals surface area contributed by atoms with Crippen LogP contribution in [0.4, 0.5) is 0 Å². The Kier molecular flexibility index (Phi) is 6.71. The molecule has 1 aromatic carbocycles. The summed E-state index contributed by atoms with van der Waals surface area (Å²) in [7, 11) is -1.94. The number of para-hydroxylation sites is 1. The number of nitrogens with zero attached hydrogens (tertiary/aromatic N) is 1. The van der Waals surface area contributed by atoms with Crippen molar-refractivity contribution >= 4 is 27.3 Å². The second-order valence-electron chi connectivity index (χ2n) is 6.45. The number of hydrogen-bond donors (Lipinski definition) is 1. The molecule has 152 valence electrons. The van der Waals surface area contributed by atoms with E-state index in [0.717, 1.165) is 16.9 Å². The van der Waals surface area contributed by atoms with Gasteiger partial charge >= 0.3 is 0 Å². The fraction of sp³-hybridized carbons (Fsp3) is 0.421. The Morgan fingerprint density at radius 3 is 2.68 bits per heavy atom. The number of carbonyl (C=O) groups is 1. The van der Waals surface area contributed by atoms with Crippen LogP contribution in [0.3, 0.4) is 0 Å². The van der Waals surface area contributed by atoms with E-state index in [9.17, 15) is 13.2 Å². The number of carbonyl (C=O) groups excluding carboxylic acids is 1. The topological polar surface area (TPSA) is 84.9 Å². The molecule has 2 aromatic rings. The molecular formula is C19H24N2O5S2. The Bertz CT molecular complexity index is 920. The fourth-order valence-electron chi connectivity index (χ4n) is 3.06. The van der Waals surface area contributed by atoms with Crippen molar-refractivity contribution in [1.29, 1.82) is 0 Å². The highest BCUT2D eigenvalue weighted by molar-refractivity contribution is 7.91. The molecule has 9 heteroatoms. The number of rotatable bonds is 7. The Hall–Kier alpha value is -1.94. The predicted octanol–water partition coefficient (Wildman–Crippen LogP) is 2.20. The first-order valence-corrected chi connectivity index (χ1v) is 11.3. The second kappa shape index (κ2) is 9.04. The minimum Gasteiger partial charge on any atom is -0.496 e. The van der Waals surface area contributed by atoms with Gasteiger partial charge in [0.2, 0.25) is 5.91 Å². The lowest BCUT2D eigenvalue weighted by Gasteiger charge is -2.25. The Morgan fingerprint density at radius 2 is 1.96 bits per heavy atom. The van der Waals surface area contributed by atoms with Crippen LogP contribution in [0.25, 0.3) is 0 Å². The van der Waals surface area contributed by atoms with Gasteiger partial charge in [-0.3, -0.25) is 4.79 Å². The summed E-state index contributed by atoms with van der Waals surface area (Å²) in [6, 6.07) is 10.6. The molecule has 3 rings (SSSR count). The standard InChI is InChI=1S/C19H24N2O5S2/c1-14(16-5-3-4-6-17(16)25-2)20-18(22)13-15-7-8-19(27-15)28(23,24)21-9-11-26-12-10-21/h3-8,14H,9-13H2,1-2H3,(H,20,22)/t14-/m0/s1. The lowest BCUT2D eigenvalue weighted by Crippen LogP contribution is -2.40. The van der Waals surface area contributed by atoms with Crippen LogP contribution in [0.2, 0.25) is 0 Å². The molecular weight excluding hydrogens is 400 g/mol. The van der Waals surface area contributed by atoms with Gasteiger partial charge in [-0.15, -0.1) is 11.3 Å². The summed E-state index contributed by atoms with van der Waals surface area (Å²) in [6.07, 6.45) is 0.128. The summed E-state index contributed by atoms with van der Waals surface area (Å²) in [5.41, 5.74) is 0.889. The van der Waals surface area contributed by atoms with E-state index in [1.165, 1.54) is 4.31 Å². The number of ether oxygens (including phenoxy) is 2. The maximum Gasteiger partial charge on any atom is 0.252 e. The highest BCUT2D eigenvalue weighted by Gasteiger charge is 2.28. The van der Waals surface area contributed by atoms with E-state index in [4.69, 9.17) is 9.47 Å². The van der Waals surface area contributed by atoms with E-state index in [-0.39, 0.29) is 22.6 Å². The monoisotopic (exact) mass is 424 g/mol. The predicted molar refractivity (Wildman–Crippen MR) is 107 cm³/mol. The van der Waals surface area contributed by atoms with Crippen LogP contribution >= 0.6 is 11.3 Å². The molecule has 0 bridgehead atoms. The zero-order valence-electron chi connectivity index (χ0n) is 15.9. The molecule has 1 saturated heterocycles. The first kappa shape index (κ1) is 20.8. The molecule has 1 atom stereocenters. The molecule has 1 amide bonds. The number of amides is 1. The van der Waals surface area contributed by atoms with E-state index in [1.807, 2.05) is 31.2 Å². The first-order valence-electron chi connectivity index (χ1n) is 9.00. The lowest BCUT2D eigenvalue weighted by molar-refractivity contribution is -0.121. The summed E-state index contributed by atoms with van der Waals surface area (Å²) < 4.78 is 37.6. The van der Waals surface area contributed by atoms with E-state index in [1.54, 1.807) is 19.2 Å². The van der Waals surface area contributed by atoms with Crippen molar-refractivity contribution < 1.29 is 22.7 Å². The molecule has 0 spiro atoms. The van der Waals surface area contributed by atoms with Gasteiger partial charge in [-0.05, 0) is 25.1 Å². The van der Waals surface area contributed by atoms with Crippen LogP contribution < -0.4 is 10.1 Å². The molecule has 1 aromatic heterocycles. The van der Waals surface area contributed by atoms with E-state index < -0.39 is 10.0 Å². The Morgan fingerprint density at radius 1 is 1.25 bits per heavy atom. The van der Waals surface area contributed by atoms with Gasteiger partial charge in [0.1, 0.15) is 9.96 Å². The number of methoxy groups -OCH3 is 1. The molecule has 7 nitrogen and oxygen atoms in total. The van der Waals surface area contributed by atoms with Gasteiger partial charge in [-0.25, -0.2) is 8.42 Å². The van der Waals surface area contributed by atoms with E-state index >= 15 is 0 Å². The third kappa shape index (κ3) is 4.72. The van der Waals surface area contributed by atoms with Crippen molar-refractivity contribution in [2.24, 2.45) is 0 Å². The van der Waals surface area contributed by atoms with Gasteiger partial charge in [-0.1, -0.05) is 18.2 Å². The lowest BCUT2D eigenvalue weighted by atomic mass is 10.1. The van der Waals surface area contributed by atoms with Gasteiger partial charge in [0, 0.05) is 23.5 Å². The third-order valence-corrected chi connectivity index (χ3v) is 7.97. The van der Waals surface area contributed by atoms with Gasteiger partial charge in [0.25, 0.3) is 10.0 Å². The number of sulfonamides is 1. The third-order valence-electron chi connectivity index (χ3n) is 4.52. The van der Waals surface area contributed by atoms with Crippen LogP contribution in [0, 0.1) is 0 Å².